The summed E-state index contributed by atoms with van der Waals surface area (Å²) in [5, 5.41) is 2.89. The van der Waals surface area contributed by atoms with Gasteiger partial charge in [0.1, 0.15) is 0 Å². The molecule has 1 amide bonds. The maximum absolute atomic E-state index is 11.1. The number of anilines is 1. The molecular weight excluding hydrogens is 198 g/mol. The lowest BCUT2D eigenvalue weighted by Crippen LogP contribution is -2.19. The van der Waals surface area contributed by atoms with Gasteiger partial charge in [0.05, 0.1) is 0 Å². The largest absolute Gasteiger partial charge is 0.326 e. The van der Waals surface area contributed by atoms with E-state index < -0.39 is 0 Å². The predicted molar refractivity (Wildman–Crippen MR) is 68.8 cm³/mol. The minimum Gasteiger partial charge on any atom is -0.326 e. The number of carbonyl (C=O) groups excluding carboxylic acids is 1. The minimum atomic E-state index is 0.134. The number of amides is 1. The third-order valence-corrected chi connectivity index (χ3v) is 2.69. The molecule has 2 heteroatoms. The van der Waals surface area contributed by atoms with E-state index in [4.69, 9.17) is 0 Å². The molecule has 0 radical (unpaired) electrons. The summed E-state index contributed by atoms with van der Waals surface area (Å²) >= 11 is 0. The second-order valence-corrected chi connectivity index (χ2v) is 4.12. The van der Waals surface area contributed by atoms with Crippen molar-refractivity contribution >= 4 is 11.6 Å². The van der Waals surface area contributed by atoms with Crippen molar-refractivity contribution in [3.05, 3.63) is 29.3 Å². The number of hydrogen-bond donors (Lipinski definition) is 1. The van der Waals surface area contributed by atoms with Crippen LogP contribution in [0.5, 0.6) is 0 Å². The number of carbonyl (C=O) groups is 1. The van der Waals surface area contributed by atoms with Crippen molar-refractivity contribution in [2.75, 3.05) is 5.32 Å². The third-order valence-electron chi connectivity index (χ3n) is 2.69. The fourth-order valence-electron chi connectivity index (χ4n) is 1.76. The molecule has 1 aromatic rings. The first-order valence-electron chi connectivity index (χ1n) is 6.09. The van der Waals surface area contributed by atoms with Crippen molar-refractivity contribution in [1.29, 1.82) is 0 Å². The number of rotatable bonds is 1. The lowest BCUT2D eigenvalue weighted by atomic mass is 9.95. The van der Waals surface area contributed by atoms with Crippen molar-refractivity contribution < 1.29 is 4.79 Å². The van der Waals surface area contributed by atoms with E-state index in [1.807, 2.05) is 19.9 Å². The predicted octanol–water partition coefficient (Wildman–Crippen LogP) is 3.72. The quantitative estimate of drug-likeness (QED) is 0.766. The minimum absolute atomic E-state index is 0.134. The fourth-order valence-corrected chi connectivity index (χ4v) is 1.76. The Labute approximate surface area is 98.1 Å². The number of aryl methyl sites for hydroxylation is 1. The highest BCUT2D eigenvalue weighted by atomic mass is 16.1. The number of benzene rings is 1. The molecule has 1 aliphatic rings. The molecule has 0 spiro atoms. The molecule has 1 N–H and O–H groups in total. The van der Waals surface area contributed by atoms with Crippen LogP contribution in [0.1, 0.15) is 51.2 Å². The molecule has 0 unspecified atom stereocenters. The maximum atomic E-state index is 11.1. The Hall–Kier alpha value is -1.31. The number of nitrogens with one attached hydrogen (secondary N) is 1. The second kappa shape index (κ2) is 5.69. The molecule has 0 aromatic heterocycles. The summed E-state index contributed by atoms with van der Waals surface area (Å²) in [5.41, 5.74) is 3.61. The molecule has 0 atom stereocenters. The van der Waals surface area contributed by atoms with Crippen molar-refractivity contribution in [3.8, 4) is 0 Å². The Morgan fingerprint density at radius 2 is 1.88 bits per heavy atom. The van der Waals surface area contributed by atoms with Crippen LogP contribution in [0.3, 0.4) is 0 Å². The Balaban J connectivity index is 0.000000606. The first-order chi connectivity index (χ1) is 7.66. The van der Waals surface area contributed by atoms with Crippen LogP contribution in [0, 0.1) is 0 Å². The molecule has 0 bridgehead atoms. The van der Waals surface area contributed by atoms with E-state index in [1.54, 1.807) is 0 Å². The molecule has 1 aliphatic heterocycles. The zero-order chi connectivity index (χ0) is 12.1. The molecule has 2 rings (SSSR count). The molecule has 0 aliphatic carbocycles. The first-order valence-corrected chi connectivity index (χ1v) is 6.09. The molecule has 0 saturated heterocycles. The second-order valence-electron chi connectivity index (χ2n) is 4.12. The molecule has 0 fully saturated rings. The van der Waals surface area contributed by atoms with Crippen LogP contribution in [-0.2, 0) is 11.2 Å². The van der Waals surface area contributed by atoms with Crippen molar-refractivity contribution in [2.24, 2.45) is 0 Å². The van der Waals surface area contributed by atoms with Gasteiger partial charge < -0.3 is 5.32 Å². The van der Waals surface area contributed by atoms with E-state index in [9.17, 15) is 4.79 Å². The monoisotopic (exact) mass is 219 g/mol. The van der Waals surface area contributed by atoms with Gasteiger partial charge in [0.2, 0.25) is 5.91 Å². The van der Waals surface area contributed by atoms with Crippen molar-refractivity contribution in [2.45, 2.75) is 46.5 Å². The van der Waals surface area contributed by atoms with Gasteiger partial charge in [-0.15, -0.1) is 0 Å². The Bertz CT molecular complexity index is 369. The number of hydrogen-bond acceptors (Lipinski definition) is 1. The van der Waals surface area contributed by atoms with Crippen LogP contribution >= 0.6 is 0 Å². The molecule has 16 heavy (non-hydrogen) atoms. The van der Waals surface area contributed by atoms with Gasteiger partial charge in [-0.2, -0.15) is 0 Å². The summed E-state index contributed by atoms with van der Waals surface area (Å²) in [6, 6.07) is 6.32. The molecule has 2 nitrogen and oxygen atoms in total. The van der Waals surface area contributed by atoms with Gasteiger partial charge in [-0.3, -0.25) is 4.79 Å². The average molecular weight is 219 g/mol. The summed E-state index contributed by atoms with van der Waals surface area (Å²) < 4.78 is 0. The highest BCUT2D eigenvalue weighted by Crippen LogP contribution is 2.26. The summed E-state index contributed by atoms with van der Waals surface area (Å²) in [6.45, 7) is 8.37. The van der Waals surface area contributed by atoms with Crippen LogP contribution < -0.4 is 5.32 Å². The number of fused-ring (bicyclic) bond motifs is 1. The summed E-state index contributed by atoms with van der Waals surface area (Å²) in [5.74, 6) is 0.688. The Kier molecular flexibility index (Phi) is 4.53. The van der Waals surface area contributed by atoms with Crippen molar-refractivity contribution in [3.63, 3.8) is 0 Å². The Morgan fingerprint density at radius 1 is 1.19 bits per heavy atom. The highest BCUT2D eigenvalue weighted by molar-refractivity contribution is 5.93. The molecular formula is C14H21NO. The normalized spacial score (nSPS) is 13.7. The van der Waals surface area contributed by atoms with Gasteiger partial charge in [-0.05, 0) is 29.5 Å². The maximum Gasteiger partial charge on any atom is 0.224 e. The standard InChI is InChI=1S/C12H15NO.C2H6/c1-8(2)9-3-5-11-10(7-9)4-6-12(14)13-11;1-2/h3,5,7-8H,4,6H2,1-2H3,(H,13,14);1-2H3. The summed E-state index contributed by atoms with van der Waals surface area (Å²) in [4.78, 5) is 11.1. The molecule has 0 saturated carbocycles. The van der Waals surface area contributed by atoms with Crippen LogP contribution in [0.4, 0.5) is 5.69 Å². The highest BCUT2D eigenvalue weighted by Gasteiger charge is 2.14. The van der Waals surface area contributed by atoms with E-state index in [0.29, 0.717) is 12.3 Å². The van der Waals surface area contributed by atoms with Gasteiger partial charge in [0.25, 0.3) is 0 Å². The van der Waals surface area contributed by atoms with Gasteiger partial charge in [-0.1, -0.05) is 39.8 Å². The van der Waals surface area contributed by atoms with Gasteiger partial charge in [0, 0.05) is 12.1 Å². The van der Waals surface area contributed by atoms with E-state index >= 15 is 0 Å². The molecule has 1 heterocycles. The van der Waals surface area contributed by atoms with Crippen LogP contribution in [0.15, 0.2) is 18.2 Å². The SMILES string of the molecule is CC.CC(C)c1ccc2c(c1)CCC(=O)N2. The van der Waals surface area contributed by atoms with E-state index in [2.05, 4.69) is 31.3 Å². The summed E-state index contributed by atoms with van der Waals surface area (Å²) in [7, 11) is 0. The van der Waals surface area contributed by atoms with Crippen molar-refractivity contribution in [1.82, 2.24) is 0 Å². The topological polar surface area (TPSA) is 29.1 Å². The summed E-state index contributed by atoms with van der Waals surface area (Å²) in [6.07, 6.45) is 1.50. The van der Waals surface area contributed by atoms with Crippen LogP contribution in [0.25, 0.3) is 0 Å². The smallest absolute Gasteiger partial charge is 0.224 e. The van der Waals surface area contributed by atoms with E-state index in [0.717, 1.165) is 12.1 Å². The fraction of sp³-hybridized carbons (Fsp3) is 0.500. The zero-order valence-electron chi connectivity index (χ0n) is 10.6. The average Bonchev–Trinajstić information content (AvgIpc) is 2.30. The zero-order valence-corrected chi connectivity index (χ0v) is 10.6. The van der Waals surface area contributed by atoms with Crippen LogP contribution in [0.2, 0.25) is 0 Å². The van der Waals surface area contributed by atoms with Gasteiger partial charge in [-0.25, -0.2) is 0 Å². The van der Waals surface area contributed by atoms with Crippen LogP contribution in [-0.4, -0.2) is 5.91 Å². The van der Waals surface area contributed by atoms with E-state index in [1.165, 1.54) is 11.1 Å². The van der Waals surface area contributed by atoms with Gasteiger partial charge >= 0.3 is 0 Å². The third kappa shape index (κ3) is 2.84. The molecule has 1 aromatic carbocycles. The van der Waals surface area contributed by atoms with Gasteiger partial charge in [0.15, 0.2) is 0 Å². The first kappa shape index (κ1) is 12.8. The lowest BCUT2D eigenvalue weighted by Gasteiger charge is -2.18. The lowest BCUT2D eigenvalue weighted by molar-refractivity contribution is -0.116. The molecule has 88 valence electrons. The Morgan fingerprint density at radius 3 is 2.50 bits per heavy atom. The van der Waals surface area contributed by atoms with E-state index in [-0.39, 0.29) is 5.91 Å².